The molecule has 5 nitrogen and oxygen atoms in total. The molecule has 2 heterocycles. The van der Waals surface area contributed by atoms with Crippen LogP contribution >= 0.6 is 0 Å². The Hall–Kier alpha value is -2.56. The number of aromatic nitrogens is 5. The van der Waals surface area contributed by atoms with Crippen molar-refractivity contribution in [3.05, 3.63) is 48.8 Å². The second-order valence-electron chi connectivity index (χ2n) is 5.26. The number of aryl methyl sites for hydroxylation is 1. The van der Waals surface area contributed by atoms with E-state index in [1.807, 2.05) is 36.0 Å². The van der Waals surface area contributed by atoms with Crippen molar-refractivity contribution >= 4 is 0 Å². The molecule has 0 unspecified atom stereocenters. The lowest BCUT2D eigenvalue weighted by atomic mass is 10.1. The van der Waals surface area contributed by atoms with Crippen LogP contribution < -0.4 is 0 Å². The molecule has 0 fully saturated rings. The summed E-state index contributed by atoms with van der Waals surface area (Å²) in [7, 11) is 1.98. The van der Waals surface area contributed by atoms with Crippen molar-refractivity contribution in [2.24, 2.45) is 7.05 Å². The molecular weight excluding hydrogens is 262 g/mol. The average Bonchev–Trinajstić information content (AvgIpc) is 2.94. The van der Waals surface area contributed by atoms with Gasteiger partial charge in [0, 0.05) is 36.5 Å². The Kier molecular flexibility index (Phi) is 3.48. The number of benzene rings is 1. The minimum absolute atomic E-state index is 0.282. The zero-order valence-corrected chi connectivity index (χ0v) is 12.4. The molecule has 3 rings (SSSR count). The van der Waals surface area contributed by atoms with Crippen molar-refractivity contribution in [2.75, 3.05) is 0 Å². The highest BCUT2D eigenvalue weighted by atomic mass is 15.0. The first-order valence-corrected chi connectivity index (χ1v) is 6.92. The molecule has 0 atom stereocenters. The van der Waals surface area contributed by atoms with Gasteiger partial charge in [0.15, 0.2) is 5.82 Å². The second-order valence-corrected chi connectivity index (χ2v) is 5.26. The largest absolute Gasteiger partial charge is 0.334 e. The summed E-state index contributed by atoms with van der Waals surface area (Å²) in [4.78, 5) is 17.4. The summed E-state index contributed by atoms with van der Waals surface area (Å²) in [6, 6.07) is 8.10. The molecule has 0 aliphatic rings. The van der Waals surface area contributed by atoms with Gasteiger partial charge in [-0.15, -0.1) is 0 Å². The molecule has 0 saturated heterocycles. The van der Waals surface area contributed by atoms with E-state index in [0.29, 0.717) is 5.82 Å². The van der Waals surface area contributed by atoms with E-state index in [1.54, 1.807) is 12.5 Å². The smallest absolute Gasteiger partial charge is 0.163 e. The second kappa shape index (κ2) is 5.44. The van der Waals surface area contributed by atoms with E-state index in [-0.39, 0.29) is 5.92 Å². The van der Waals surface area contributed by atoms with Crippen LogP contribution in [-0.4, -0.2) is 24.5 Å². The Balaban J connectivity index is 2.04. The third kappa shape index (κ3) is 2.67. The number of hydrogen-bond acceptors (Lipinski definition) is 4. The molecule has 2 aromatic heterocycles. The van der Waals surface area contributed by atoms with Crippen LogP contribution in [0.4, 0.5) is 0 Å². The standard InChI is InChI=1S/C16H17N5/c1-11(2)14-18-10-19-15(20-14)12-5-4-6-13(9-12)16-17-7-8-21(16)3/h4-11H,1-3H3. The Morgan fingerprint density at radius 3 is 2.57 bits per heavy atom. The van der Waals surface area contributed by atoms with Gasteiger partial charge < -0.3 is 4.57 Å². The Morgan fingerprint density at radius 2 is 1.86 bits per heavy atom. The first-order chi connectivity index (χ1) is 10.1. The molecule has 0 aliphatic heterocycles. The summed E-state index contributed by atoms with van der Waals surface area (Å²) < 4.78 is 1.99. The lowest BCUT2D eigenvalue weighted by Crippen LogP contribution is -2.00. The lowest BCUT2D eigenvalue weighted by molar-refractivity contribution is 0.762. The normalized spacial score (nSPS) is 11.0. The van der Waals surface area contributed by atoms with Gasteiger partial charge in [-0.2, -0.15) is 0 Å². The highest BCUT2D eigenvalue weighted by Crippen LogP contribution is 2.23. The van der Waals surface area contributed by atoms with Gasteiger partial charge >= 0.3 is 0 Å². The van der Waals surface area contributed by atoms with Crippen LogP contribution in [-0.2, 0) is 7.05 Å². The Labute approximate surface area is 123 Å². The first-order valence-electron chi connectivity index (χ1n) is 6.92. The van der Waals surface area contributed by atoms with Crippen LogP contribution in [0.1, 0.15) is 25.6 Å². The fourth-order valence-electron chi connectivity index (χ4n) is 2.17. The van der Waals surface area contributed by atoms with Crippen molar-refractivity contribution in [1.29, 1.82) is 0 Å². The van der Waals surface area contributed by atoms with E-state index in [1.165, 1.54) is 0 Å². The first kappa shape index (κ1) is 13.4. The van der Waals surface area contributed by atoms with Crippen LogP contribution in [0.15, 0.2) is 43.0 Å². The highest BCUT2D eigenvalue weighted by molar-refractivity contribution is 5.66. The predicted molar refractivity (Wildman–Crippen MR) is 81.6 cm³/mol. The average molecular weight is 279 g/mol. The molecule has 0 N–H and O–H groups in total. The molecule has 0 bridgehead atoms. The van der Waals surface area contributed by atoms with Crippen molar-refractivity contribution in [2.45, 2.75) is 19.8 Å². The summed E-state index contributed by atoms with van der Waals surface area (Å²) in [5, 5.41) is 0. The maximum absolute atomic E-state index is 4.54. The van der Waals surface area contributed by atoms with Gasteiger partial charge in [-0.05, 0) is 6.07 Å². The molecule has 21 heavy (non-hydrogen) atoms. The zero-order chi connectivity index (χ0) is 14.8. The molecule has 0 aliphatic carbocycles. The van der Waals surface area contributed by atoms with Crippen molar-refractivity contribution in [3.8, 4) is 22.8 Å². The number of nitrogens with zero attached hydrogens (tertiary/aromatic N) is 5. The number of rotatable bonds is 3. The maximum Gasteiger partial charge on any atom is 0.163 e. The van der Waals surface area contributed by atoms with Crippen LogP contribution in [0, 0.1) is 0 Å². The van der Waals surface area contributed by atoms with Crippen LogP contribution in [0.5, 0.6) is 0 Å². The quantitative estimate of drug-likeness (QED) is 0.739. The van der Waals surface area contributed by atoms with Gasteiger partial charge in [0.2, 0.25) is 0 Å². The summed E-state index contributed by atoms with van der Waals surface area (Å²) in [5.41, 5.74) is 2.02. The van der Waals surface area contributed by atoms with E-state index >= 15 is 0 Å². The topological polar surface area (TPSA) is 56.5 Å². The Bertz CT molecular complexity index is 761. The molecule has 0 spiro atoms. The lowest BCUT2D eigenvalue weighted by Gasteiger charge is -2.07. The van der Waals surface area contributed by atoms with Gasteiger partial charge in [0.25, 0.3) is 0 Å². The summed E-state index contributed by atoms with van der Waals surface area (Å²) in [5.74, 6) is 2.71. The fourth-order valence-corrected chi connectivity index (χ4v) is 2.17. The summed E-state index contributed by atoms with van der Waals surface area (Å²) in [6.07, 6.45) is 5.30. The zero-order valence-electron chi connectivity index (χ0n) is 12.4. The number of hydrogen-bond donors (Lipinski definition) is 0. The highest BCUT2D eigenvalue weighted by Gasteiger charge is 2.09. The van der Waals surface area contributed by atoms with E-state index < -0.39 is 0 Å². The molecule has 0 saturated carbocycles. The van der Waals surface area contributed by atoms with E-state index in [4.69, 9.17) is 0 Å². The van der Waals surface area contributed by atoms with Gasteiger partial charge in [0.05, 0.1) is 0 Å². The van der Waals surface area contributed by atoms with E-state index in [9.17, 15) is 0 Å². The number of imidazole rings is 1. The van der Waals surface area contributed by atoms with E-state index in [2.05, 4.69) is 39.8 Å². The monoisotopic (exact) mass is 279 g/mol. The molecule has 106 valence electrons. The molecular formula is C16H17N5. The molecule has 3 aromatic rings. The molecule has 1 aromatic carbocycles. The van der Waals surface area contributed by atoms with Gasteiger partial charge in [0.1, 0.15) is 18.0 Å². The van der Waals surface area contributed by atoms with Crippen LogP contribution in [0.2, 0.25) is 0 Å². The Morgan fingerprint density at radius 1 is 1.05 bits per heavy atom. The third-order valence-corrected chi connectivity index (χ3v) is 3.31. The minimum atomic E-state index is 0.282. The minimum Gasteiger partial charge on any atom is -0.334 e. The van der Waals surface area contributed by atoms with Crippen molar-refractivity contribution in [3.63, 3.8) is 0 Å². The fraction of sp³-hybridized carbons (Fsp3) is 0.250. The molecule has 5 heteroatoms. The molecule has 0 radical (unpaired) electrons. The predicted octanol–water partition coefficient (Wildman–Crippen LogP) is 3.06. The van der Waals surface area contributed by atoms with Crippen molar-refractivity contribution < 1.29 is 0 Å². The molecule has 0 amide bonds. The summed E-state index contributed by atoms with van der Waals surface area (Å²) >= 11 is 0. The van der Waals surface area contributed by atoms with Gasteiger partial charge in [-0.1, -0.05) is 32.0 Å². The van der Waals surface area contributed by atoms with Crippen LogP contribution in [0.3, 0.4) is 0 Å². The van der Waals surface area contributed by atoms with E-state index in [0.717, 1.165) is 22.8 Å². The van der Waals surface area contributed by atoms with Crippen LogP contribution in [0.25, 0.3) is 22.8 Å². The van der Waals surface area contributed by atoms with Gasteiger partial charge in [-0.3, -0.25) is 0 Å². The van der Waals surface area contributed by atoms with Gasteiger partial charge in [-0.25, -0.2) is 19.9 Å². The SMILES string of the molecule is CC(C)c1ncnc(-c2cccc(-c3nccn3C)c2)n1. The summed E-state index contributed by atoms with van der Waals surface area (Å²) in [6.45, 7) is 4.15. The third-order valence-electron chi connectivity index (χ3n) is 3.31. The van der Waals surface area contributed by atoms with Crippen molar-refractivity contribution in [1.82, 2.24) is 24.5 Å². The maximum atomic E-state index is 4.54.